The number of hydrogen-bond donors (Lipinski definition) is 0. The third-order valence-electron chi connectivity index (χ3n) is 7.05. The molecule has 0 bridgehead atoms. The minimum absolute atomic E-state index is 0.0422. The maximum absolute atomic E-state index is 12.6. The highest BCUT2D eigenvalue weighted by molar-refractivity contribution is 5.91. The summed E-state index contributed by atoms with van der Waals surface area (Å²) in [7, 11) is 1.64. The van der Waals surface area contributed by atoms with Crippen LogP contribution < -0.4 is 14.2 Å². The highest BCUT2D eigenvalue weighted by Crippen LogP contribution is 2.26. The van der Waals surface area contributed by atoms with Crippen molar-refractivity contribution in [2.75, 3.05) is 13.7 Å². The Morgan fingerprint density at radius 1 is 0.775 bits per heavy atom. The molecule has 0 amide bonds. The van der Waals surface area contributed by atoms with Crippen molar-refractivity contribution in [2.45, 2.75) is 63.9 Å². The summed E-state index contributed by atoms with van der Waals surface area (Å²) in [6.07, 6.45) is 9.64. The molecule has 1 heterocycles. The SMILES string of the molecule is C=C1CC(CCCCCCCCCOc2ccc(C(=O)Oc3ccc(-c4ccc(OC)cc4)cc3)cc2)OC1=O. The number of methoxy groups -OCH3 is 1. The summed E-state index contributed by atoms with van der Waals surface area (Å²) in [5, 5.41) is 0. The van der Waals surface area contributed by atoms with E-state index >= 15 is 0 Å². The van der Waals surface area contributed by atoms with E-state index in [9.17, 15) is 9.59 Å². The number of carbonyl (C=O) groups excluding carboxylic acids is 2. The smallest absolute Gasteiger partial charge is 0.343 e. The van der Waals surface area contributed by atoms with E-state index in [1.807, 2.05) is 36.4 Å². The molecule has 3 aromatic carbocycles. The van der Waals surface area contributed by atoms with Crippen LogP contribution in [-0.4, -0.2) is 31.8 Å². The van der Waals surface area contributed by atoms with Gasteiger partial charge in [-0.1, -0.05) is 62.9 Å². The fraction of sp³-hybridized carbons (Fsp3) is 0.353. The zero-order valence-corrected chi connectivity index (χ0v) is 23.2. The molecule has 3 aromatic rings. The highest BCUT2D eigenvalue weighted by atomic mass is 16.6. The molecule has 1 aliphatic rings. The number of hydrogen-bond acceptors (Lipinski definition) is 6. The third kappa shape index (κ3) is 8.73. The average molecular weight is 543 g/mol. The lowest BCUT2D eigenvalue weighted by Crippen LogP contribution is -2.08. The molecular formula is C34H38O6. The molecule has 0 spiro atoms. The minimum Gasteiger partial charge on any atom is -0.497 e. The van der Waals surface area contributed by atoms with Gasteiger partial charge in [0.2, 0.25) is 0 Å². The predicted molar refractivity (Wildman–Crippen MR) is 156 cm³/mol. The first kappa shape index (κ1) is 28.9. The van der Waals surface area contributed by atoms with E-state index in [1.165, 1.54) is 25.7 Å². The summed E-state index contributed by atoms with van der Waals surface area (Å²) in [6, 6.07) is 22.3. The maximum Gasteiger partial charge on any atom is 0.343 e. The van der Waals surface area contributed by atoms with Crippen molar-refractivity contribution >= 4 is 11.9 Å². The van der Waals surface area contributed by atoms with Crippen molar-refractivity contribution in [3.05, 3.63) is 90.5 Å². The van der Waals surface area contributed by atoms with E-state index in [-0.39, 0.29) is 12.1 Å². The van der Waals surface area contributed by atoms with Gasteiger partial charge in [0.25, 0.3) is 0 Å². The van der Waals surface area contributed by atoms with E-state index in [2.05, 4.69) is 6.58 Å². The molecule has 40 heavy (non-hydrogen) atoms. The quantitative estimate of drug-likeness (QED) is 0.0840. The topological polar surface area (TPSA) is 71.1 Å². The molecule has 0 radical (unpaired) electrons. The van der Waals surface area contributed by atoms with Gasteiger partial charge in [0, 0.05) is 12.0 Å². The summed E-state index contributed by atoms with van der Waals surface area (Å²) in [4.78, 5) is 23.9. The van der Waals surface area contributed by atoms with Crippen molar-refractivity contribution in [3.8, 4) is 28.4 Å². The Morgan fingerprint density at radius 2 is 1.32 bits per heavy atom. The highest BCUT2D eigenvalue weighted by Gasteiger charge is 2.26. The number of esters is 2. The van der Waals surface area contributed by atoms with Gasteiger partial charge in [0.1, 0.15) is 23.4 Å². The fourth-order valence-electron chi connectivity index (χ4n) is 4.70. The first-order valence-electron chi connectivity index (χ1n) is 14.1. The van der Waals surface area contributed by atoms with Gasteiger partial charge in [-0.2, -0.15) is 0 Å². The van der Waals surface area contributed by atoms with Crippen molar-refractivity contribution < 1.29 is 28.5 Å². The lowest BCUT2D eigenvalue weighted by Gasteiger charge is -2.09. The van der Waals surface area contributed by atoms with Crippen molar-refractivity contribution in [2.24, 2.45) is 0 Å². The van der Waals surface area contributed by atoms with Gasteiger partial charge in [-0.3, -0.25) is 0 Å². The van der Waals surface area contributed by atoms with E-state index < -0.39 is 5.97 Å². The first-order valence-corrected chi connectivity index (χ1v) is 14.1. The molecule has 0 aliphatic carbocycles. The Bertz CT molecular complexity index is 1230. The molecule has 1 fully saturated rings. The number of rotatable bonds is 15. The Morgan fingerprint density at radius 3 is 1.90 bits per heavy atom. The number of ether oxygens (including phenoxy) is 4. The zero-order chi connectivity index (χ0) is 28.2. The lowest BCUT2D eigenvalue weighted by molar-refractivity contribution is -0.139. The Hall–Kier alpha value is -4.06. The van der Waals surface area contributed by atoms with Crippen LogP contribution in [0.1, 0.15) is 68.1 Å². The fourth-order valence-corrected chi connectivity index (χ4v) is 4.70. The van der Waals surface area contributed by atoms with Crippen LogP contribution in [-0.2, 0) is 9.53 Å². The van der Waals surface area contributed by atoms with Gasteiger partial charge in [0.05, 0.1) is 19.3 Å². The van der Waals surface area contributed by atoms with Gasteiger partial charge in [-0.25, -0.2) is 9.59 Å². The molecule has 4 rings (SSSR count). The first-order chi connectivity index (χ1) is 19.5. The van der Waals surface area contributed by atoms with Crippen molar-refractivity contribution in [1.82, 2.24) is 0 Å². The van der Waals surface area contributed by atoms with Crippen LogP contribution in [0.2, 0.25) is 0 Å². The normalized spacial score (nSPS) is 14.6. The van der Waals surface area contributed by atoms with E-state index in [0.717, 1.165) is 48.3 Å². The minimum atomic E-state index is -0.404. The monoisotopic (exact) mass is 542 g/mol. The van der Waals surface area contributed by atoms with Gasteiger partial charge in [-0.15, -0.1) is 0 Å². The predicted octanol–water partition coefficient (Wildman–Crippen LogP) is 7.95. The van der Waals surface area contributed by atoms with Crippen LogP contribution in [0.3, 0.4) is 0 Å². The average Bonchev–Trinajstić information content (AvgIpc) is 3.31. The molecular weight excluding hydrogens is 504 g/mol. The van der Waals surface area contributed by atoms with Gasteiger partial charge >= 0.3 is 11.9 Å². The van der Waals surface area contributed by atoms with Gasteiger partial charge in [-0.05, 0) is 78.9 Å². The number of unbranched alkanes of at least 4 members (excludes halogenated alkanes) is 6. The van der Waals surface area contributed by atoms with E-state index in [4.69, 9.17) is 18.9 Å². The van der Waals surface area contributed by atoms with Crippen LogP contribution in [0.4, 0.5) is 0 Å². The van der Waals surface area contributed by atoms with Crippen LogP contribution >= 0.6 is 0 Å². The molecule has 0 aromatic heterocycles. The Kier molecular flexibility index (Phi) is 10.8. The van der Waals surface area contributed by atoms with Gasteiger partial charge in [0.15, 0.2) is 0 Å². The van der Waals surface area contributed by atoms with E-state index in [0.29, 0.717) is 29.9 Å². The summed E-state index contributed by atoms with van der Waals surface area (Å²) < 4.78 is 21.9. The Balaban J connectivity index is 1.07. The second-order valence-corrected chi connectivity index (χ2v) is 10.1. The molecule has 6 nitrogen and oxygen atoms in total. The summed E-state index contributed by atoms with van der Waals surface area (Å²) >= 11 is 0. The molecule has 1 atom stereocenters. The Labute approximate surface area is 236 Å². The molecule has 210 valence electrons. The van der Waals surface area contributed by atoms with Gasteiger partial charge < -0.3 is 18.9 Å². The standard InChI is InChI=1S/C34H38O6/c1-25-24-32(40-33(25)35)10-8-6-4-3-5-7-9-23-38-30-19-15-28(16-20-30)34(36)39-31-21-13-27(14-22-31)26-11-17-29(37-2)18-12-26/h11-22,32H,1,3-10,23-24H2,2H3. The molecule has 0 saturated carbocycles. The molecule has 1 aliphatic heterocycles. The molecule has 0 N–H and O–H groups in total. The van der Waals surface area contributed by atoms with Crippen LogP contribution in [0.25, 0.3) is 11.1 Å². The number of benzene rings is 3. The summed E-state index contributed by atoms with van der Waals surface area (Å²) in [6.45, 7) is 4.38. The van der Waals surface area contributed by atoms with Crippen molar-refractivity contribution in [3.63, 3.8) is 0 Å². The number of cyclic esters (lactones) is 1. The second kappa shape index (κ2) is 14.9. The van der Waals surface area contributed by atoms with Crippen LogP contribution in [0.5, 0.6) is 17.2 Å². The molecule has 1 unspecified atom stereocenters. The van der Waals surface area contributed by atoms with Crippen LogP contribution in [0, 0.1) is 0 Å². The lowest BCUT2D eigenvalue weighted by atomic mass is 10.0. The molecule has 6 heteroatoms. The third-order valence-corrected chi connectivity index (χ3v) is 7.05. The zero-order valence-electron chi connectivity index (χ0n) is 23.2. The summed E-state index contributed by atoms with van der Waals surface area (Å²) in [5.41, 5.74) is 3.17. The maximum atomic E-state index is 12.6. The molecule has 1 saturated heterocycles. The van der Waals surface area contributed by atoms with E-state index in [1.54, 1.807) is 43.5 Å². The summed E-state index contributed by atoms with van der Waals surface area (Å²) in [5.74, 6) is 1.42. The van der Waals surface area contributed by atoms with Crippen molar-refractivity contribution in [1.29, 1.82) is 0 Å². The largest absolute Gasteiger partial charge is 0.497 e. The number of carbonyl (C=O) groups is 2. The van der Waals surface area contributed by atoms with Crippen LogP contribution in [0.15, 0.2) is 84.9 Å². The second-order valence-electron chi connectivity index (χ2n) is 10.1.